The van der Waals surface area contributed by atoms with Crippen molar-refractivity contribution in [3.63, 3.8) is 0 Å². The van der Waals surface area contributed by atoms with E-state index in [4.69, 9.17) is 20.9 Å². The lowest BCUT2D eigenvalue weighted by molar-refractivity contribution is 0.208. The predicted molar refractivity (Wildman–Crippen MR) is 97.2 cm³/mol. The lowest BCUT2D eigenvalue weighted by Gasteiger charge is -2.15. The third-order valence-electron chi connectivity index (χ3n) is 4.42. The number of carbonyl (C=O) groups excluding carboxylic acids is 1. The molecule has 136 valence electrons. The highest BCUT2D eigenvalue weighted by Gasteiger charge is 2.17. The van der Waals surface area contributed by atoms with E-state index in [2.05, 4.69) is 15.5 Å². The largest absolute Gasteiger partial charge is 0.486 e. The SMILES string of the molecule is O=C(NCc1cc2cc(Cl)c(OCc3ccon3)cc2[nH]1)N1CCCC1. The summed E-state index contributed by atoms with van der Waals surface area (Å²) in [5, 5.41) is 8.24. The van der Waals surface area contributed by atoms with Crippen LogP contribution in [0.2, 0.25) is 5.02 Å². The summed E-state index contributed by atoms with van der Waals surface area (Å²) >= 11 is 6.31. The Hall–Kier alpha value is -2.67. The second kappa shape index (κ2) is 7.29. The summed E-state index contributed by atoms with van der Waals surface area (Å²) in [5.74, 6) is 0.566. The molecule has 4 rings (SSSR count). The number of amides is 2. The third-order valence-corrected chi connectivity index (χ3v) is 4.71. The quantitative estimate of drug-likeness (QED) is 0.713. The number of benzene rings is 1. The number of fused-ring (bicyclic) bond motifs is 1. The Morgan fingerprint density at radius 1 is 1.35 bits per heavy atom. The van der Waals surface area contributed by atoms with Crippen LogP contribution in [0, 0.1) is 0 Å². The molecule has 0 spiro atoms. The standard InChI is InChI=1S/C18H19ClN4O3/c19-15-8-12-7-14(10-20-18(24)23-4-1-2-5-23)21-16(12)9-17(15)25-11-13-3-6-26-22-13/h3,6-9,21H,1-2,4-5,10-11H2,(H,20,24). The molecule has 1 aliphatic rings. The van der Waals surface area contributed by atoms with Crippen LogP contribution >= 0.6 is 11.6 Å². The number of likely N-dealkylation sites (tertiary alicyclic amines) is 1. The second-order valence-electron chi connectivity index (χ2n) is 6.30. The number of hydrogen-bond acceptors (Lipinski definition) is 4. The molecule has 0 radical (unpaired) electrons. The van der Waals surface area contributed by atoms with Crippen LogP contribution in [0.25, 0.3) is 10.9 Å². The molecule has 2 aromatic heterocycles. The number of aromatic nitrogens is 2. The van der Waals surface area contributed by atoms with E-state index in [1.165, 1.54) is 6.26 Å². The number of hydrogen-bond donors (Lipinski definition) is 2. The summed E-state index contributed by atoms with van der Waals surface area (Å²) in [5.41, 5.74) is 2.50. The van der Waals surface area contributed by atoms with Crippen LogP contribution in [0.5, 0.6) is 5.75 Å². The zero-order valence-electron chi connectivity index (χ0n) is 14.1. The predicted octanol–water partition coefficient (Wildman–Crippen LogP) is 3.69. The minimum absolute atomic E-state index is 0.0178. The van der Waals surface area contributed by atoms with Gasteiger partial charge in [-0.3, -0.25) is 0 Å². The highest BCUT2D eigenvalue weighted by molar-refractivity contribution is 6.32. The lowest BCUT2D eigenvalue weighted by Crippen LogP contribution is -2.37. The van der Waals surface area contributed by atoms with Crippen LogP contribution < -0.4 is 10.1 Å². The van der Waals surface area contributed by atoms with Gasteiger partial charge in [-0.15, -0.1) is 0 Å². The first kappa shape index (κ1) is 16.8. The van der Waals surface area contributed by atoms with Gasteiger partial charge in [0, 0.05) is 41.8 Å². The fourth-order valence-corrected chi connectivity index (χ4v) is 3.29. The van der Waals surface area contributed by atoms with Gasteiger partial charge in [0.25, 0.3) is 0 Å². The molecule has 1 saturated heterocycles. The van der Waals surface area contributed by atoms with Gasteiger partial charge in [0.15, 0.2) is 0 Å². The van der Waals surface area contributed by atoms with Crippen LogP contribution in [0.3, 0.4) is 0 Å². The van der Waals surface area contributed by atoms with Gasteiger partial charge in [-0.1, -0.05) is 16.8 Å². The second-order valence-corrected chi connectivity index (χ2v) is 6.70. The van der Waals surface area contributed by atoms with E-state index < -0.39 is 0 Å². The van der Waals surface area contributed by atoms with Crippen molar-refractivity contribution in [3.8, 4) is 5.75 Å². The molecule has 2 N–H and O–H groups in total. The van der Waals surface area contributed by atoms with Gasteiger partial charge in [0.2, 0.25) is 0 Å². The average Bonchev–Trinajstić information content (AvgIpc) is 3.38. The zero-order chi connectivity index (χ0) is 17.9. The minimum atomic E-state index is -0.0178. The smallest absolute Gasteiger partial charge is 0.317 e. The molecule has 0 saturated carbocycles. The molecule has 3 aromatic rings. The summed E-state index contributed by atoms with van der Waals surface area (Å²) < 4.78 is 10.5. The highest BCUT2D eigenvalue weighted by atomic mass is 35.5. The van der Waals surface area contributed by atoms with Crippen LogP contribution in [0.1, 0.15) is 24.2 Å². The summed E-state index contributed by atoms with van der Waals surface area (Å²) in [4.78, 5) is 17.2. The molecule has 26 heavy (non-hydrogen) atoms. The monoisotopic (exact) mass is 374 g/mol. The van der Waals surface area contributed by atoms with E-state index in [1.807, 2.05) is 23.1 Å². The highest BCUT2D eigenvalue weighted by Crippen LogP contribution is 2.31. The van der Waals surface area contributed by atoms with E-state index in [-0.39, 0.29) is 12.6 Å². The van der Waals surface area contributed by atoms with Crippen molar-refractivity contribution >= 4 is 28.5 Å². The number of aromatic amines is 1. The van der Waals surface area contributed by atoms with Crippen LogP contribution in [0.15, 0.2) is 35.1 Å². The number of urea groups is 1. The number of nitrogens with one attached hydrogen (secondary N) is 2. The van der Waals surface area contributed by atoms with Crippen molar-refractivity contribution in [2.75, 3.05) is 13.1 Å². The molecule has 7 nitrogen and oxygen atoms in total. The fourth-order valence-electron chi connectivity index (χ4n) is 3.07. The number of H-pyrrole nitrogens is 1. The first-order chi connectivity index (χ1) is 12.7. The van der Waals surface area contributed by atoms with Gasteiger partial charge < -0.3 is 24.5 Å². The van der Waals surface area contributed by atoms with E-state index >= 15 is 0 Å². The zero-order valence-corrected chi connectivity index (χ0v) is 14.9. The number of carbonyl (C=O) groups is 1. The van der Waals surface area contributed by atoms with Crippen LogP contribution in [-0.2, 0) is 13.2 Å². The molecule has 3 heterocycles. The summed E-state index contributed by atoms with van der Waals surface area (Å²) in [6, 6.07) is 7.39. The van der Waals surface area contributed by atoms with Gasteiger partial charge in [-0.25, -0.2) is 4.79 Å². The van der Waals surface area contributed by atoms with Gasteiger partial charge in [0.05, 0.1) is 11.6 Å². The molecular weight excluding hydrogens is 356 g/mol. The first-order valence-corrected chi connectivity index (χ1v) is 8.93. The Morgan fingerprint density at radius 3 is 2.96 bits per heavy atom. The van der Waals surface area contributed by atoms with Gasteiger partial charge in [0.1, 0.15) is 24.3 Å². The Morgan fingerprint density at radius 2 is 2.19 bits per heavy atom. The van der Waals surface area contributed by atoms with Gasteiger partial charge in [-0.2, -0.15) is 0 Å². The third kappa shape index (κ3) is 3.62. The summed E-state index contributed by atoms with van der Waals surface area (Å²) in [7, 11) is 0. The molecule has 0 bridgehead atoms. The molecule has 0 aliphatic carbocycles. The van der Waals surface area contributed by atoms with Gasteiger partial charge >= 0.3 is 6.03 Å². The summed E-state index contributed by atoms with van der Waals surface area (Å²) in [6.45, 7) is 2.39. The Balaban J connectivity index is 1.43. The molecule has 1 aromatic carbocycles. The molecule has 1 aliphatic heterocycles. The minimum Gasteiger partial charge on any atom is -0.486 e. The van der Waals surface area contributed by atoms with Crippen LogP contribution in [-0.4, -0.2) is 34.2 Å². The fraction of sp³-hybridized carbons (Fsp3) is 0.333. The van der Waals surface area contributed by atoms with Crippen molar-refractivity contribution in [1.82, 2.24) is 20.4 Å². The first-order valence-electron chi connectivity index (χ1n) is 8.55. The number of rotatable bonds is 5. The van der Waals surface area contributed by atoms with Crippen molar-refractivity contribution in [3.05, 3.63) is 46.9 Å². The van der Waals surface area contributed by atoms with Crippen LogP contribution in [0.4, 0.5) is 4.79 Å². The number of nitrogens with zero attached hydrogens (tertiary/aromatic N) is 2. The van der Waals surface area contributed by atoms with E-state index in [0.29, 0.717) is 23.0 Å². The Kier molecular flexibility index (Phi) is 4.71. The molecule has 8 heteroatoms. The van der Waals surface area contributed by atoms with E-state index in [1.54, 1.807) is 6.07 Å². The van der Waals surface area contributed by atoms with Crippen molar-refractivity contribution in [2.45, 2.75) is 26.0 Å². The van der Waals surface area contributed by atoms with E-state index in [9.17, 15) is 4.79 Å². The number of halogens is 1. The molecular formula is C18H19ClN4O3. The normalized spacial score (nSPS) is 14.1. The van der Waals surface area contributed by atoms with Gasteiger partial charge in [-0.05, 0) is 25.0 Å². The molecule has 1 fully saturated rings. The molecule has 2 amide bonds. The maximum atomic E-state index is 12.1. The Bertz CT molecular complexity index is 901. The maximum Gasteiger partial charge on any atom is 0.317 e. The average molecular weight is 375 g/mol. The lowest BCUT2D eigenvalue weighted by atomic mass is 10.2. The summed E-state index contributed by atoms with van der Waals surface area (Å²) in [6.07, 6.45) is 3.65. The van der Waals surface area contributed by atoms with Crippen molar-refractivity contribution in [2.24, 2.45) is 0 Å². The number of ether oxygens (including phenoxy) is 1. The Labute approximate surface area is 155 Å². The molecule has 0 unspecified atom stereocenters. The maximum absolute atomic E-state index is 12.1. The topological polar surface area (TPSA) is 83.4 Å². The van der Waals surface area contributed by atoms with Crippen molar-refractivity contribution in [1.29, 1.82) is 0 Å². The molecule has 0 atom stereocenters. The van der Waals surface area contributed by atoms with Crippen molar-refractivity contribution < 1.29 is 14.1 Å². The van der Waals surface area contributed by atoms with E-state index in [0.717, 1.165) is 42.5 Å².